The molecule has 0 rings (SSSR count). The van der Waals surface area contributed by atoms with Gasteiger partial charge in [-0.05, 0) is 6.42 Å². The summed E-state index contributed by atoms with van der Waals surface area (Å²) in [5.74, 6) is -0.405. The summed E-state index contributed by atoms with van der Waals surface area (Å²) in [6.07, 6.45) is 2.12. The molecule has 4 nitrogen and oxygen atoms in total. The summed E-state index contributed by atoms with van der Waals surface area (Å²) in [5, 5.41) is 0. The normalized spacial score (nSPS) is 12.2. The highest BCUT2D eigenvalue weighted by Gasteiger charge is 2.12. The average Bonchev–Trinajstić information content (AvgIpc) is 2.10. The molecular formula is C8H15NO3. The van der Waals surface area contributed by atoms with Gasteiger partial charge in [0, 0.05) is 6.61 Å². The lowest BCUT2D eigenvalue weighted by Crippen LogP contribution is -2.32. The van der Waals surface area contributed by atoms with Crippen molar-refractivity contribution in [3.63, 3.8) is 0 Å². The van der Waals surface area contributed by atoms with Crippen LogP contribution in [-0.2, 0) is 14.3 Å². The van der Waals surface area contributed by atoms with E-state index >= 15 is 0 Å². The van der Waals surface area contributed by atoms with Crippen LogP contribution in [0.2, 0.25) is 0 Å². The Morgan fingerprint density at radius 1 is 1.75 bits per heavy atom. The lowest BCUT2D eigenvalue weighted by molar-refractivity contribution is -0.142. The van der Waals surface area contributed by atoms with Gasteiger partial charge in [0.05, 0.1) is 13.7 Å². The van der Waals surface area contributed by atoms with Gasteiger partial charge in [-0.2, -0.15) is 0 Å². The standard InChI is InChI=1S/C8H15NO3/c1-3-5-12-6-4-7(9)8(10)11-2/h3,7H,1,4-6,9H2,2H3. The van der Waals surface area contributed by atoms with E-state index in [1.807, 2.05) is 0 Å². The molecule has 1 atom stereocenters. The molecular weight excluding hydrogens is 158 g/mol. The molecule has 0 saturated heterocycles. The molecule has 0 aliphatic heterocycles. The predicted octanol–water partition coefficient (Wildman–Crippen LogP) is 0.0794. The Labute approximate surface area is 72.3 Å². The molecule has 4 heteroatoms. The highest BCUT2D eigenvalue weighted by molar-refractivity contribution is 5.75. The molecule has 70 valence electrons. The van der Waals surface area contributed by atoms with Crippen molar-refractivity contribution in [1.82, 2.24) is 0 Å². The van der Waals surface area contributed by atoms with Crippen molar-refractivity contribution < 1.29 is 14.3 Å². The molecule has 0 aromatic rings. The van der Waals surface area contributed by atoms with Gasteiger partial charge in [0.15, 0.2) is 0 Å². The van der Waals surface area contributed by atoms with Crippen LogP contribution in [0.5, 0.6) is 0 Å². The van der Waals surface area contributed by atoms with Gasteiger partial charge in [0.25, 0.3) is 0 Å². The molecule has 2 N–H and O–H groups in total. The van der Waals surface area contributed by atoms with Gasteiger partial charge in [0.2, 0.25) is 0 Å². The lowest BCUT2D eigenvalue weighted by atomic mass is 10.2. The zero-order chi connectivity index (χ0) is 9.40. The van der Waals surface area contributed by atoms with Gasteiger partial charge in [-0.15, -0.1) is 6.58 Å². The van der Waals surface area contributed by atoms with Crippen molar-refractivity contribution in [3.05, 3.63) is 12.7 Å². The van der Waals surface area contributed by atoms with E-state index in [0.29, 0.717) is 19.6 Å². The van der Waals surface area contributed by atoms with E-state index in [1.54, 1.807) is 6.08 Å². The zero-order valence-electron chi connectivity index (χ0n) is 7.29. The molecule has 0 fully saturated rings. The van der Waals surface area contributed by atoms with Gasteiger partial charge in [0.1, 0.15) is 6.04 Å². The van der Waals surface area contributed by atoms with E-state index in [2.05, 4.69) is 11.3 Å². The molecule has 0 heterocycles. The minimum absolute atomic E-state index is 0.405. The number of methoxy groups -OCH3 is 1. The van der Waals surface area contributed by atoms with Crippen molar-refractivity contribution in [2.75, 3.05) is 20.3 Å². The maximum Gasteiger partial charge on any atom is 0.322 e. The minimum Gasteiger partial charge on any atom is -0.468 e. The fourth-order valence-corrected chi connectivity index (χ4v) is 0.646. The Morgan fingerprint density at radius 3 is 2.92 bits per heavy atom. The van der Waals surface area contributed by atoms with Crippen LogP contribution in [0.25, 0.3) is 0 Å². The first-order valence-electron chi connectivity index (χ1n) is 3.74. The summed E-state index contributed by atoms with van der Waals surface area (Å²) in [6.45, 7) is 4.41. The van der Waals surface area contributed by atoms with Crippen LogP contribution in [-0.4, -0.2) is 32.3 Å². The van der Waals surface area contributed by atoms with E-state index in [-0.39, 0.29) is 0 Å². The van der Waals surface area contributed by atoms with Crippen LogP contribution in [0.1, 0.15) is 6.42 Å². The summed E-state index contributed by atoms with van der Waals surface area (Å²) in [5.41, 5.74) is 5.43. The first kappa shape index (κ1) is 11.1. The van der Waals surface area contributed by atoms with Crippen LogP contribution < -0.4 is 5.73 Å². The van der Waals surface area contributed by atoms with Gasteiger partial charge >= 0.3 is 5.97 Å². The molecule has 0 aliphatic rings. The van der Waals surface area contributed by atoms with Gasteiger partial charge in [-0.3, -0.25) is 4.79 Å². The smallest absolute Gasteiger partial charge is 0.322 e. The summed E-state index contributed by atoms with van der Waals surface area (Å²) in [4.78, 5) is 10.8. The molecule has 1 unspecified atom stereocenters. The molecule has 0 amide bonds. The number of nitrogens with two attached hydrogens (primary N) is 1. The number of hydrogen-bond acceptors (Lipinski definition) is 4. The number of esters is 1. The highest BCUT2D eigenvalue weighted by Crippen LogP contribution is 1.91. The second kappa shape index (κ2) is 6.82. The van der Waals surface area contributed by atoms with E-state index in [4.69, 9.17) is 10.5 Å². The number of hydrogen-bond donors (Lipinski definition) is 1. The third kappa shape index (κ3) is 4.87. The fraction of sp³-hybridized carbons (Fsp3) is 0.625. The minimum atomic E-state index is -0.584. The van der Waals surface area contributed by atoms with Gasteiger partial charge in [-0.1, -0.05) is 6.08 Å². The molecule has 12 heavy (non-hydrogen) atoms. The Bertz CT molecular complexity index is 147. The van der Waals surface area contributed by atoms with Crippen LogP contribution in [0.15, 0.2) is 12.7 Å². The predicted molar refractivity (Wildman–Crippen MR) is 45.6 cm³/mol. The van der Waals surface area contributed by atoms with Crippen LogP contribution in [0.3, 0.4) is 0 Å². The molecule has 0 aromatic heterocycles. The maximum absolute atomic E-state index is 10.8. The molecule has 0 radical (unpaired) electrons. The molecule has 0 aliphatic carbocycles. The van der Waals surface area contributed by atoms with Gasteiger partial charge in [-0.25, -0.2) is 0 Å². The Balaban J connectivity index is 3.36. The summed E-state index contributed by atoms with van der Waals surface area (Å²) < 4.78 is 9.47. The van der Waals surface area contributed by atoms with Gasteiger partial charge < -0.3 is 15.2 Å². The van der Waals surface area contributed by atoms with Crippen molar-refractivity contribution in [1.29, 1.82) is 0 Å². The van der Waals surface area contributed by atoms with Crippen LogP contribution >= 0.6 is 0 Å². The summed E-state index contributed by atoms with van der Waals surface area (Å²) in [6, 6.07) is -0.584. The number of carbonyl (C=O) groups is 1. The third-order valence-electron chi connectivity index (χ3n) is 1.31. The molecule has 0 saturated carbocycles. The lowest BCUT2D eigenvalue weighted by Gasteiger charge is -2.08. The molecule has 0 spiro atoms. The van der Waals surface area contributed by atoms with E-state index in [0.717, 1.165) is 0 Å². The SMILES string of the molecule is C=CCOCCC(N)C(=O)OC. The Kier molecular flexibility index (Phi) is 6.32. The number of rotatable bonds is 6. The third-order valence-corrected chi connectivity index (χ3v) is 1.31. The monoisotopic (exact) mass is 173 g/mol. The second-order valence-corrected chi connectivity index (χ2v) is 2.28. The van der Waals surface area contributed by atoms with E-state index in [1.165, 1.54) is 7.11 Å². The largest absolute Gasteiger partial charge is 0.468 e. The van der Waals surface area contributed by atoms with Crippen LogP contribution in [0, 0.1) is 0 Å². The maximum atomic E-state index is 10.8. The van der Waals surface area contributed by atoms with Crippen molar-refractivity contribution in [2.45, 2.75) is 12.5 Å². The molecule has 0 bridgehead atoms. The van der Waals surface area contributed by atoms with Crippen molar-refractivity contribution in [2.24, 2.45) is 5.73 Å². The fourth-order valence-electron chi connectivity index (χ4n) is 0.646. The second-order valence-electron chi connectivity index (χ2n) is 2.28. The van der Waals surface area contributed by atoms with Crippen molar-refractivity contribution >= 4 is 5.97 Å². The average molecular weight is 173 g/mol. The van der Waals surface area contributed by atoms with Crippen molar-refractivity contribution in [3.8, 4) is 0 Å². The number of carbonyl (C=O) groups excluding carboxylic acids is 1. The van der Waals surface area contributed by atoms with E-state index < -0.39 is 12.0 Å². The Morgan fingerprint density at radius 2 is 2.42 bits per heavy atom. The first-order valence-corrected chi connectivity index (χ1v) is 3.74. The van der Waals surface area contributed by atoms with E-state index in [9.17, 15) is 4.79 Å². The summed E-state index contributed by atoms with van der Waals surface area (Å²) in [7, 11) is 1.31. The topological polar surface area (TPSA) is 61.5 Å². The quantitative estimate of drug-likeness (QED) is 0.351. The zero-order valence-corrected chi connectivity index (χ0v) is 7.29. The summed E-state index contributed by atoms with van der Waals surface area (Å²) >= 11 is 0. The molecule has 0 aromatic carbocycles. The first-order chi connectivity index (χ1) is 5.72. The Hall–Kier alpha value is -0.870. The van der Waals surface area contributed by atoms with Crippen LogP contribution in [0.4, 0.5) is 0 Å². The highest BCUT2D eigenvalue weighted by atomic mass is 16.5. The number of ether oxygens (including phenoxy) is 2.